The molecule has 10 heteroatoms. The third kappa shape index (κ3) is 4.03. The molecular weight excluding hydrogens is 669 g/mol. The van der Waals surface area contributed by atoms with E-state index in [1.54, 1.807) is 47.4 Å². The third-order valence-electron chi connectivity index (χ3n) is 8.80. The number of esters is 1. The molecule has 7 nitrogen and oxygen atoms in total. The summed E-state index contributed by atoms with van der Waals surface area (Å²) in [6.45, 7) is 0. The molecule has 3 aliphatic heterocycles. The van der Waals surface area contributed by atoms with Gasteiger partial charge in [-0.25, -0.2) is 8.78 Å². The van der Waals surface area contributed by atoms with Crippen LogP contribution in [-0.4, -0.2) is 33.9 Å². The minimum Gasteiger partial charge on any atom is -0.481 e. The lowest BCUT2D eigenvalue weighted by atomic mass is 9.65. The van der Waals surface area contributed by atoms with E-state index in [1.165, 1.54) is 6.07 Å². The van der Waals surface area contributed by atoms with Crippen LogP contribution >= 0.6 is 22.6 Å². The van der Waals surface area contributed by atoms with Crippen molar-refractivity contribution in [1.82, 2.24) is 4.90 Å². The number of carbonyl (C=O) groups excluding carboxylic acids is 2. The Morgan fingerprint density at radius 2 is 1.51 bits per heavy atom. The van der Waals surface area contributed by atoms with Crippen molar-refractivity contribution >= 4 is 46.1 Å². The number of aliphatic carboxylic acids is 1. The minimum atomic E-state index is -1.89. The molecule has 7 rings (SSSR count). The molecule has 0 aliphatic carbocycles. The summed E-state index contributed by atoms with van der Waals surface area (Å²) in [6.07, 6.45) is -0.899. The number of amides is 1. The van der Waals surface area contributed by atoms with E-state index in [2.05, 4.69) is 27.9 Å². The standard InChI is InChI=1S/C33H23F2IN2O5/c34-22-13-11-19(15-23(22)35)29-33(21-16-20(36)12-14-24(21)37-32(33)42)25(30(39)40)27-31(41)43-28(18-9-5-2-6-10-18)26(38(27)29)17-7-3-1-4-8-17/h1-16,25-29H,(H,37,42)(H,39,40)/t25-,26-,27-,28+,29+,33-/m0/s1. The molecule has 2 N–H and O–H groups in total. The number of nitrogens with one attached hydrogen (secondary N) is 1. The number of carboxylic acids is 1. The molecule has 0 aromatic heterocycles. The fourth-order valence-electron chi connectivity index (χ4n) is 7.23. The van der Waals surface area contributed by atoms with Gasteiger partial charge < -0.3 is 15.2 Å². The van der Waals surface area contributed by atoms with Crippen LogP contribution in [0.3, 0.4) is 0 Å². The summed E-state index contributed by atoms with van der Waals surface area (Å²) in [7, 11) is 0. The zero-order chi connectivity index (χ0) is 30.0. The number of rotatable bonds is 4. The molecule has 1 spiro atoms. The van der Waals surface area contributed by atoms with Crippen LogP contribution in [-0.2, 0) is 24.5 Å². The van der Waals surface area contributed by atoms with Crippen molar-refractivity contribution < 1.29 is 33.0 Å². The Morgan fingerprint density at radius 3 is 2.16 bits per heavy atom. The van der Waals surface area contributed by atoms with Crippen molar-refractivity contribution in [2.75, 3.05) is 5.32 Å². The first-order valence-corrected chi connectivity index (χ1v) is 14.7. The lowest BCUT2D eigenvalue weighted by Gasteiger charge is -2.46. The Hall–Kier alpha value is -4.16. The SMILES string of the molecule is O=C1O[C@H](c2ccccc2)[C@H](c2ccccc2)N2[C@H]1[C@@H](C(=O)O)[C@]1(C(=O)Nc3ccc(I)cc31)[C@H]2c1ccc(F)c(F)c1. The van der Waals surface area contributed by atoms with Gasteiger partial charge in [0.05, 0.1) is 12.1 Å². The summed E-state index contributed by atoms with van der Waals surface area (Å²) in [5, 5.41) is 13.7. The van der Waals surface area contributed by atoms with Gasteiger partial charge >= 0.3 is 11.9 Å². The van der Waals surface area contributed by atoms with Gasteiger partial charge in [0, 0.05) is 9.26 Å². The Bertz CT molecular complexity index is 1790. The normalized spacial score (nSPS) is 27.8. The van der Waals surface area contributed by atoms with E-state index in [4.69, 9.17) is 4.74 Å². The van der Waals surface area contributed by atoms with Crippen molar-refractivity contribution in [3.8, 4) is 0 Å². The minimum absolute atomic E-state index is 0.164. The smallest absolute Gasteiger partial charge is 0.325 e. The van der Waals surface area contributed by atoms with E-state index in [1.807, 2.05) is 36.4 Å². The molecule has 6 atom stereocenters. The van der Waals surface area contributed by atoms with E-state index >= 15 is 0 Å². The summed E-state index contributed by atoms with van der Waals surface area (Å²) in [4.78, 5) is 43.5. The van der Waals surface area contributed by atoms with Crippen molar-refractivity contribution in [3.05, 3.63) is 135 Å². The summed E-state index contributed by atoms with van der Waals surface area (Å²) in [5.41, 5.74) is 0.395. The average molecular weight is 692 g/mol. The highest BCUT2D eigenvalue weighted by Gasteiger charge is 2.74. The molecular formula is C33H23F2IN2O5. The maximum absolute atomic E-state index is 15.0. The Morgan fingerprint density at radius 1 is 0.837 bits per heavy atom. The predicted octanol–water partition coefficient (Wildman–Crippen LogP) is 5.93. The molecule has 216 valence electrons. The second-order valence-electron chi connectivity index (χ2n) is 10.9. The highest BCUT2D eigenvalue weighted by molar-refractivity contribution is 14.1. The van der Waals surface area contributed by atoms with Gasteiger partial charge in [-0.15, -0.1) is 0 Å². The maximum Gasteiger partial charge on any atom is 0.325 e. The fraction of sp³-hybridized carbons (Fsp3) is 0.182. The molecule has 0 unspecified atom stereocenters. The lowest BCUT2D eigenvalue weighted by molar-refractivity contribution is -0.179. The molecule has 0 saturated carbocycles. The van der Waals surface area contributed by atoms with Gasteiger partial charge in [-0.1, -0.05) is 66.7 Å². The predicted molar refractivity (Wildman–Crippen MR) is 160 cm³/mol. The number of fused-ring (bicyclic) bond motifs is 3. The van der Waals surface area contributed by atoms with Crippen molar-refractivity contribution in [2.45, 2.75) is 29.6 Å². The monoisotopic (exact) mass is 692 g/mol. The summed E-state index contributed by atoms with van der Waals surface area (Å²) in [5.74, 6) is -6.71. The molecule has 4 aromatic carbocycles. The molecule has 1 amide bonds. The summed E-state index contributed by atoms with van der Waals surface area (Å²) in [6, 6.07) is 23.2. The number of halogens is 3. The second-order valence-corrected chi connectivity index (χ2v) is 12.2. The topological polar surface area (TPSA) is 95.9 Å². The zero-order valence-electron chi connectivity index (χ0n) is 22.3. The van der Waals surface area contributed by atoms with Crippen molar-refractivity contribution in [3.63, 3.8) is 0 Å². The van der Waals surface area contributed by atoms with Crippen LogP contribution in [0.5, 0.6) is 0 Å². The number of cyclic esters (lactones) is 1. The van der Waals surface area contributed by atoms with Gasteiger partial charge in [0.1, 0.15) is 23.5 Å². The highest BCUT2D eigenvalue weighted by atomic mass is 127. The number of nitrogens with zero attached hydrogens (tertiary/aromatic N) is 1. The quantitative estimate of drug-likeness (QED) is 0.204. The van der Waals surface area contributed by atoms with E-state index in [9.17, 15) is 28.3 Å². The van der Waals surface area contributed by atoms with Gasteiger partial charge in [0.15, 0.2) is 11.6 Å². The van der Waals surface area contributed by atoms with Crippen LogP contribution in [0.1, 0.15) is 40.4 Å². The van der Waals surface area contributed by atoms with Gasteiger partial charge in [-0.05, 0) is 75.2 Å². The van der Waals surface area contributed by atoms with Crippen molar-refractivity contribution in [1.29, 1.82) is 0 Å². The molecule has 3 heterocycles. The fourth-order valence-corrected chi connectivity index (χ4v) is 7.72. The zero-order valence-corrected chi connectivity index (χ0v) is 24.4. The van der Waals surface area contributed by atoms with E-state index in [-0.39, 0.29) is 5.56 Å². The van der Waals surface area contributed by atoms with Gasteiger partial charge in [0.2, 0.25) is 5.91 Å². The Balaban J connectivity index is 1.58. The van der Waals surface area contributed by atoms with Crippen LogP contribution < -0.4 is 5.32 Å². The molecule has 2 saturated heterocycles. The first-order valence-electron chi connectivity index (χ1n) is 13.6. The molecule has 0 radical (unpaired) electrons. The van der Waals surface area contributed by atoms with Gasteiger partial charge in [0.25, 0.3) is 0 Å². The first kappa shape index (κ1) is 27.7. The molecule has 0 bridgehead atoms. The number of carboxylic acid groups (broad SMARTS) is 1. The molecule has 3 aliphatic rings. The lowest BCUT2D eigenvalue weighted by Crippen LogP contribution is -2.52. The number of hydrogen-bond donors (Lipinski definition) is 2. The number of carbonyl (C=O) groups is 3. The summed E-state index contributed by atoms with van der Waals surface area (Å²) >= 11 is 2.07. The van der Waals surface area contributed by atoms with E-state index in [0.29, 0.717) is 22.4 Å². The van der Waals surface area contributed by atoms with Gasteiger partial charge in [-0.2, -0.15) is 0 Å². The molecule has 43 heavy (non-hydrogen) atoms. The highest BCUT2D eigenvalue weighted by Crippen LogP contribution is 2.64. The average Bonchev–Trinajstić information content (AvgIpc) is 3.48. The number of morpholine rings is 1. The van der Waals surface area contributed by atoms with Crippen LogP contribution in [0.2, 0.25) is 0 Å². The van der Waals surface area contributed by atoms with Crippen LogP contribution in [0, 0.1) is 21.1 Å². The largest absolute Gasteiger partial charge is 0.481 e. The summed E-state index contributed by atoms with van der Waals surface area (Å²) < 4.78 is 36.1. The Labute approximate surface area is 258 Å². The number of anilines is 1. The molecule has 2 fully saturated rings. The van der Waals surface area contributed by atoms with Crippen LogP contribution in [0.15, 0.2) is 97.1 Å². The maximum atomic E-state index is 15.0. The number of benzene rings is 4. The van der Waals surface area contributed by atoms with E-state index < -0.39 is 65.0 Å². The van der Waals surface area contributed by atoms with Crippen LogP contribution in [0.4, 0.5) is 14.5 Å². The molecule has 4 aromatic rings. The third-order valence-corrected chi connectivity index (χ3v) is 9.47. The Kier molecular flexibility index (Phi) is 6.58. The van der Waals surface area contributed by atoms with Crippen LogP contribution in [0.25, 0.3) is 0 Å². The van der Waals surface area contributed by atoms with Gasteiger partial charge in [-0.3, -0.25) is 19.3 Å². The van der Waals surface area contributed by atoms with E-state index in [0.717, 1.165) is 15.7 Å². The number of ether oxygens (including phenoxy) is 1. The van der Waals surface area contributed by atoms with Crippen molar-refractivity contribution in [2.24, 2.45) is 5.92 Å². The number of hydrogen-bond acceptors (Lipinski definition) is 5. The second kappa shape index (κ2) is 10.2. The first-order chi connectivity index (χ1) is 20.7.